The molecule has 1 aliphatic heterocycles. The molecular weight excluding hydrogens is 266 g/mol. The van der Waals surface area contributed by atoms with E-state index < -0.39 is 10.0 Å². The van der Waals surface area contributed by atoms with Gasteiger partial charge in [-0.15, -0.1) is 0 Å². The van der Waals surface area contributed by atoms with Crippen LogP contribution in [0.25, 0.3) is 0 Å². The largest absolute Gasteiger partial charge is 0.311 e. The van der Waals surface area contributed by atoms with E-state index in [2.05, 4.69) is 10.0 Å². The van der Waals surface area contributed by atoms with Gasteiger partial charge in [0.25, 0.3) is 0 Å². The van der Waals surface area contributed by atoms with Crippen molar-refractivity contribution in [2.24, 2.45) is 0 Å². The molecule has 1 aromatic rings. The van der Waals surface area contributed by atoms with Gasteiger partial charge in [0.1, 0.15) is 0 Å². The van der Waals surface area contributed by atoms with Gasteiger partial charge in [-0.25, -0.2) is 13.1 Å². The molecule has 104 valence electrons. The molecule has 0 atom stereocenters. The molecule has 0 unspecified atom stereocenters. The Balaban J connectivity index is 2.33. The second kappa shape index (κ2) is 5.28. The van der Waals surface area contributed by atoms with Gasteiger partial charge in [-0.1, -0.05) is 0 Å². The third-order valence-electron chi connectivity index (χ3n) is 3.15. The zero-order valence-corrected chi connectivity index (χ0v) is 11.8. The van der Waals surface area contributed by atoms with E-state index in [0.29, 0.717) is 13.0 Å². The molecular formula is C12H17N3O3S. The van der Waals surface area contributed by atoms with Crippen LogP contribution in [0, 0.1) is 0 Å². The Morgan fingerprint density at radius 1 is 1.37 bits per heavy atom. The van der Waals surface area contributed by atoms with Crippen molar-refractivity contribution in [2.45, 2.75) is 11.3 Å². The number of hydrogen-bond donors (Lipinski definition) is 2. The van der Waals surface area contributed by atoms with Gasteiger partial charge in [-0.3, -0.25) is 4.79 Å². The molecule has 0 radical (unpaired) electrons. The predicted octanol–water partition coefficient (Wildman–Crippen LogP) is -0.297. The van der Waals surface area contributed by atoms with E-state index in [4.69, 9.17) is 0 Å². The first-order chi connectivity index (χ1) is 8.99. The lowest BCUT2D eigenvalue weighted by atomic mass is 10.2. The molecule has 0 fully saturated rings. The molecule has 2 rings (SSSR count). The molecule has 0 aromatic heterocycles. The lowest BCUT2D eigenvalue weighted by Crippen LogP contribution is -2.35. The molecule has 0 spiro atoms. The summed E-state index contributed by atoms with van der Waals surface area (Å²) in [6.07, 6.45) is 0.678. The number of carbonyl (C=O) groups excluding carboxylic acids is 1. The van der Waals surface area contributed by atoms with Crippen LogP contribution in [0.2, 0.25) is 0 Å². The number of nitrogens with zero attached hydrogens (tertiary/aromatic N) is 1. The topological polar surface area (TPSA) is 78.5 Å². The van der Waals surface area contributed by atoms with E-state index in [-0.39, 0.29) is 17.3 Å². The van der Waals surface area contributed by atoms with Crippen LogP contribution < -0.4 is 14.9 Å². The number of hydrogen-bond acceptors (Lipinski definition) is 4. The summed E-state index contributed by atoms with van der Waals surface area (Å²) in [5.41, 5.74) is 1.69. The lowest BCUT2D eigenvalue weighted by Gasteiger charge is -2.17. The van der Waals surface area contributed by atoms with Crippen LogP contribution in [-0.2, 0) is 21.2 Å². The van der Waals surface area contributed by atoms with Crippen LogP contribution in [-0.4, -0.2) is 41.5 Å². The van der Waals surface area contributed by atoms with E-state index in [0.717, 1.165) is 11.3 Å². The van der Waals surface area contributed by atoms with Crippen molar-refractivity contribution in [2.75, 3.05) is 32.1 Å². The fourth-order valence-corrected chi connectivity index (χ4v) is 2.95. The van der Waals surface area contributed by atoms with Crippen LogP contribution in [0.15, 0.2) is 23.1 Å². The van der Waals surface area contributed by atoms with Gasteiger partial charge in [-0.2, -0.15) is 0 Å². The van der Waals surface area contributed by atoms with Gasteiger partial charge in [0.15, 0.2) is 0 Å². The SMILES string of the molecule is CNCC(=O)N1CCc2cc(S(=O)(=O)NC)ccc21. The summed E-state index contributed by atoms with van der Waals surface area (Å²) < 4.78 is 25.7. The van der Waals surface area contributed by atoms with Crippen molar-refractivity contribution in [3.05, 3.63) is 23.8 Å². The summed E-state index contributed by atoms with van der Waals surface area (Å²) in [5, 5.41) is 2.82. The van der Waals surface area contributed by atoms with E-state index in [1.54, 1.807) is 24.1 Å². The van der Waals surface area contributed by atoms with Crippen LogP contribution in [0.5, 0.6) is 0 Å². The fraction of sp³-hybridized carbons (Fsp3) is 0.417. The number of benzene rings is 1. The second-order valence-corrected chi connectivity index (χ2v) is 6.21. The highest BCUT2D eigenvalue weighted by Crippen LogP contribution is 2.30. The molecule has 1 aromatic carbocycles. The van der Waals surface area contributed by atoms with Gasteiger partial charge < -0.3 is 10.2 Å². The Bertz CT molecular complexity index is 598. The Morgan fingerprint density at radius 3 is 2.74 bits per heavy atom. The van der Waals surface area contributed by atoms with Gasteiger partial charge >= 0.3 is 0 Å². The van der Waals surface area contributed by atoms with Crippen molar-refractivity contribution < 1.29 is 13.2 Å². The second-order valence-electron chi connectivity index (χ2n) is 4.32. The Hall–Kier alpha value is -1.44. The molecule has 6 nitrogen and oxygen atoms in total. The average molecular weight is 283 g/mol. The summed E-state index contributed by atoms with van der Waals surface area (Å²) in [7, 11) is -0.334. The number of fused-ring (bicyclic) bond motifs is 1. The standard InChI is InChI=1S/C12H17N3O3S/c1-13-8-12(16)15-6-5-9-7-10(3-4-11(9)15)19(17,18)14-2/h3-4,7,13-14H,5-6,8H2,1-2H3. The summed E-state index contributed by atoms with van der Waals surface area (Å²) in [6, 6.07) is 4.85. The molecule has 7 heteroatoms. The van der Waals surface area contributed by atoms with Crippen molar-refractivity contribution >= 4 is 21.6 Å². The molecule has 19 heavy (non-hydrogen) atoms. The first-order valence-electron chi connectivity index (χ1n) is 6.01. The highest BCUT2D eigenvalue weighted by atomic mass is 32.2. The third-order valence-corrected chi connectivity index (χ3v) is 4.57. The Labute approximate surface area is 112 Å². The van der Waals surface area contributed by atoms with E-state index in [9.17, 15) is 13.2 Å². The molecule has 1 aliphatic rings. The predicted molar refractivity (Wildman–Crippen MR) is 72.7 cm³/mol. The van der Waals surface area contributed by atoms with E-state index >= 15 is 0 Å². The van der Waals surface area contributed by atoms with Crippen molar-refractivity contribution in [1.82, 2.24) is 10.0 Å². The van der Waals surface area contributed by atoms with Gasteiger partial charge in [0.2, 0.25) is 15.9 Å². The number of sulfonamides is 1. The fourth-order valence-electron chi connectivity index (χ4n) is 2.17. The van der Waals surface area contributed by atoms with Crippen molar-refractivity contribution in [3.8, 4) is 0 Å². The lowest BCUT2D eigenvalue weighted by molar-refractivity contribution is -0.117. The van der Waals surface area contributed by atoms with Gasteiger partial charge in [0.05, 0.1) is 11.4 Å². The molecule has 1 heterocycles. The maximum atomic E-state index is 11.9. The number of amides is 1. The minimum Gasteiger partial charge on any atom is -0.311 e. The van der Waals surface area contributed by atoms with Crippen molar-refractivity contribution in [3.63, 3.8) is 0 Å². The van der Waals surface area contributed by atoms with Gasteiger partial charge in [0, 0.05) is 12.2 Å². The molecule has 2 N–H and O–H groups in total. The van der Waals surface area contributed by atoms with Crippen LogP contribution in [0.3, 0.4) is 0 Å². The number of nitrogens with one attached hydrogen (secondary N) is 2. The quantitative estimate of drug-likeness (QED) is 0.795. The van der Waals surface area contributed by atoms with Crippen LogP contribution >= 0.6 is 0 Å². The molecule has 0 saturated heterocycles. The smallest absolute Gasteiger partial charge is 0.240 e. The number of rotatable bonds is 4. The molecule has 1 amide bonds. The average Bonchev–Trinajstić information content (AvgIpc) is 2.81. The molecule has 0 aliphatic carbocycles. The summed E-state index contributed by atoms with van der Waals surface area (Å²) in [4.78, 5) is 13.8. The first kappa shape index (κ1) is 14.0. The van der Waals surface area contributed by atoms with Crippen LogP contribution in [0.1, 0.15) is 5.56 Å². The first-order valence-corrected chi connectivity index (χ1v) is 7.49. The zero-order valence-electron chi connectivity index (χ0n) is 10.9. The van der Waals surface area contributed by atoms with Gasteiger partial charge in [-0.05, 0) is 44.3 Å². The summed E-state index contributed by atoms with van der Waals surface area (Å²) >= 11 is 0. The summed E-state index contributed by atoms with van der Waals surface area (Å²) in [5.74, 6) is -0.00882. The highest BCUT2D eigenvalue weighted by Gasteiger charge is 2.25. The maximum Gasteiger partial charge on any atom is 0.240 e. The monoisotopic (exact) mass is 283 g/mol. The van der Waals surface area contributed by atoms with Crippen molar-refractivity contribution in [1.29, 1.82) is 0 Å². The number of carbonyl (C=O) groups is 1. The third kappa shape index (κ3) is 2.63. The Kier molecular flexibility index (Phi) is 3.88. The number of likely N-dealkylation sites (N-methyl/N-ethyl adjacent to an activating group) is 1. The minimum absolute atomic E-state index is 0.00882. The normalized spacial score (nSPS) is 14.5. The molecule has 0 saturated carbocycles. The van der Waals surface area contributed by atoms with Crippen LogP contribution in [0.4, 0.5) is 5.69 Å². The molecule has 0 bridgehead atoms. The number of anilines is 1. The van der Waals surface area contributed by atoms with E-state index in [1.807, 2.05) is 0 Å². The van der Waals surface area contributed by atoms with E-state index in [1.165, 1.54) is 13.1 Å². The minimum atomic E-state index is -3.43. The Morgan fingerprint density at radius 2 is 2.11 bits per heavy atom. The highest BCUT2D eigenvalue weighted by molar-refractivity contribution is 7.89. The summed E-state index contributed by atoms with van der Waals surface area (Å²) in [6.45, 7) is 0.870. The maximum absolute atomic E-state index is 11.9. The zero-order chi connectivity index (χ0) is 14.0.